The monoisotopic (exact) mass is 402 g/mol. The summed E-state index contributed by atoms with van der Waals surface area (Å²) in [5.41, 5.74) is 3.38. The highest BCUT2D eigenvalue weighted by Crippen LogP contribution is 2.41. The van der Waals surface area contributed by atoms with Crippen molar-refractivity contribution in [2.75, 3.05) is 13.2 Å². The van der Waals surface area contributed by atoms with Crippen LogP contribution in [0.15, 0.2) is 66.3 Å². The number of thiophene rings is 1. The van der Waals surface area contributed by atoms with Crippen molar-refractivity contribution < 1.29 is 14.6 Å². The molecule has 6 heteroatoms. The van der Waals surface area contributed by atoms with Gasteiger partial charge in [0.25, 0.3) is 5.91 Å². The Morgan fingerprint density at radius 3 is 2.83 bits per heavy atom. The Labute approximate surface area is 171 Å². The molecule has 5 nitrogen and oxygen atoms in total. The number of aromatic nitrogens is 1. The zero-order chi connectivity index (χ0) is 19.8. The van der Waals surface area contributed by atoms with E-state index in [1.54, 1.807) is 46.8 Å². The van der Waals surface area contributed by atoms with Gasteiger partial charge >= 0.3 is 0 Å². The average Bonchev–Trinajstić information content (AvgIpc) is 3.06. The van der Waals surface area contributed by atoms with E-state index in [1.807, 2.05) is 18.2 Å². The van der Waals surface area contributed by atoms with Crippen LogP contribution in [0, 0.1) is 0 Å². The number of hydrogen-bond donors (Lipinski definition) is 1. The largest absolute Gasteiger partial charge is 0.504 e. The van der Waals surface area contributed by atoms with E-state index in [0.717, 1.165) is 22.1 Å². The molecule has 0 saturated carbocycles. The van der Waals surface area contributed by atoms with E-state index >= 15 is 0 Å². The first-order valence-corrected chi connectivity index (χ1v) is 10.2. The van der Waals surface area contributed by atoms with E-state index in [9.17, 15) is 9.90 Å². The second-order valence-electron chi connectivity index (χ2n) is 6.94. The molecule has 4 aromatic rings. The highest BCUT2D eigenvalue weighted by Gasteiger charge is 2.24. The molecular weight excluding hydrogens is 384 g/mol. The predicted octanol–water partition coefficient (Wildman–Crippen LogP) is 4.70. The van der Waals surface area contributed by atoms with Crippen molar-refractivity contribution in [2.24, 2.45) is 0 Å². The molecule has 0 unspecified atom stereocenters. The molecule has 0 saturated heterocycles. The van der Waals surface area contributed by atoms with Crippen molar-refractivity contribution in [2.45, 2.75) is 6.54 Å². The van der Waals surface area contributed by atoms with Crippen molar-refractivity contribution in [1.29, 1.82) is 0 Å². The number of amides is 1. The van der Waals surface area contributed by atoms with Crippen LogP contribution in [-0.2, 0) is 6.54 Å². The lowest BCUT2D eigenvalue weighted by atomic mass is 10.0. The summed E-state index contributed by atoms with van der Waals surface area (Å²) in [5, 5.41) is 13.9. The van der Waals surface area contributed by atoms with Crippen LogP contribution in [0.2, 0.25) is 0 Å². The summed E-state index contributed by atoms with van der Waals surface area (Å²) in [7, 11) is 0. The Kier molecular flexibility index (Phi) is 4.41. The van der Waals surface area contributed by atoms with Crippen LogP contribution < -0.4 is 4.74 Å². The summed E-state index contributed by atoms with van der Waals surface area (Å²) in [6, 6.07) is 15.4. The molecule has 0 atom stereocenters. The molecule has 0 bridgehead atoms. The van der Waals surface area contributed by atoms with Crippen LogP contribution in [0.5, 0.6) is 11.5 Å². The third-order valence-corrected chi connectivity index (χ3v) is 6.09. The van der Waals surface area contributed by atoms with E-state index < -0.39 is 0 Å². The molecule has 1 aliphatic heterocycles. The SMILES string of the molecule is O=C(c1ccncc1)N1CCOc2c(O)cc(-c3csc4ccccc34)cc2C1. The van der Waals surface area contributed by atoms with Crippen LogP contribution in [0.1, 0.15) is 15.9 Å². The number of ether oxygens (including phenoxy) is 1. The maximum Gasteiger partial charge on any atom is 0.254 e. The maximum absolute atomic E-state index is 12.9. The molecule has 0 fully saturated rings. The molecule has 29 heavy (non-hydrogen) atoms. The van der Waals surface area contributed by atoms with Crippen molar-refractivity contribution >= 4 is 27.3 Å². The highest BCUT2D eigenvalue weighted by molar-refractivity contribution is 7.17. The van der Waals surface area contributed by atoms with Crippen molar-refractivity contribution in [3.8, 4) is 22.6 Å². The molecule has 0 aliphatic carbocycles. The Hall–Kier alpha value is -3.38. The summed E-state index contributed by atoms with van der Waals surface area (Å²) >= 11 is 1.68. The number of fused-ring (bicyclic) bond motifs is 2. The lowest BCUT2D eigenvalue weighted by molar-refractivity contribution is 0.0733. The van der Waals surface area contributed by atoms with Crippen molar-refractivity contribution in [3.05, 3.63) is 77.4 Å². The Bertz CT molecular complexity index is 1200. The van der Waals surface area contributed by atoms with Crippen molar-refractivity contribution in [1.82, 2.24) is 9.88 Å². The van der Waals surface area contributed by atoms with Gasteiger partial charge in [0.15, 0.2) is 11.5 Å². The Morgan fingerprint density at radius 1 is 1.14 bits per heavy atom. The molecular formula is C23H18N2O3S. The van der Waals surface area contributed by atoms with Gasteiger partial charge in [0.05, 0.1) is 6.54 Å². The molecule has 2 aromatic heterocycles. The quantitative estimate of drug-likeness (QED) is 0.528. The molecule has 5 rings (SSSR count). The standard InChI is InChI=1S/C23H18N2O3S/c26-20-12-16(19-14-29-21-4-2-1-3-18(19)21)11-17-13-25(9-10-28-22(17)20)23(27)15-5-7-24-8-6-15/h1-8,11-12,14,26H,9-10,13H2. The topological polar surface area (TPSA) is 62.7 Å². The van der Waals surface area contributed by atoms with Crippen molar-refractivity contribution in [3.63, 3.8) is 0 Å². The minimum absolute atomic E-state index is 0.0743. The minimum atomic E-state index is -0.0743. The summed E-state index contributed by atoms with van der Waals surface area (Å²) in [6.07, 6.45) is 3.22. The second-order valence-corrected chi connectivity index (χ2v) is 7.85. The number of nitrogens with zero attached hydrogens (tertiary/aromatic N) is 2. The summed E-state index contributed by atoms with van der Waals surface area (Å²) in [6.45, 7) is 1.16. The fourth-order valence-corrected chi connectivity index (χ4v) is 4.68. The lowest BCUT2D eigenvalue weighted by Gasteiger charge is -2.20. The minimum Gasteiger partial charge on any atom is -0.504 e. The first-order valence-electron chi connectivity index (χ1n) is 9.35. The zero-order valence-corrected chi connectivity index (χ0v) is 16.4. The van der Waals surface area contributed by atoms with E-state index in [2.05, 4.69) is 22.5 Å². The fourth-order valence-electron chi connectivity index (χ4n) is 3.71. The van der Waals surface area contributed by atoms with Gasteiger partial charge in [0.1, 0.15) is 6.61 Å². The van der Waals surface area contributed by atoms with E-state index in [-0.39, 0.29) is 11.7 Å². The summed E-state index contributed by atoms with van der Waals surface area (Å²) in [5.74, 6) is 0.485. The Morgan fingerprint density at radius 2 is 1.97 bits per heavy atom. The fraction of sp³-hybridized carbons (Fsp3) is 0.130. The molecule has 1 amide bonds. The molecule has 1 N–H and O–H groups in total. The first kappa shape index (κ1) is 17.7. The smallest absolute Gasteiger partial charge is 0.254 e. The lowest BCUT2D eigenvalue weighted by Crippen LogP contribution is -2.32. The molecule has 1 aliphatic rings. The van der Waals surface area contributed by atoms with Gasteiger partial charge < -0.3 is 14.7 Å². The van der Waals surface area contributed by atoms with Gasteiger partial charge in [0.2, 0.25) is 0 Å². The van der Waals surface area contributed by atoms with Crippen LogP contribution in [0.25, 0.3) is 21.2 Å². The maximum atomic E-state index is 12.9. The number of aromatic hydroxyl groups is 1. The third kappa shape index (κ3) is 3.21. The predicted molar refractivity (Wildman–Crippen MR) is 113 cm³/mol. The Balaban J connectivity index is 1.54. The molecule has 0 spiro atoms. The van der Waals surface area contributed by atoms with Crippen LogP contribution >= 0.6 is 11.3 Å². The van der Waals surface area contributed by atoms with Gasteiger partial charge in [-0.05, 0) is 41.3 Å². The number of phenols is 1. The van der Waals surface area contributed by atoms with Gasteiger partial charge in [-0.3, -0.25) is 9.78 Å². The highest BCUT2D eigenvalue weighted by atomic mass is 32.1. The molecule has 144 valence electrons. The summed E-state index contributed by atoms with van der Waals surface area (Å²) < 4.78 is 7.00. The van der Waals surface area contributed by atoms with E-state index in [1.165, 1.54) is 4.70 Å². The zero-order valence-electron chi connectivity index (χ0n) is 15.5. The third-order valence-electron chi connectivity index (χ3n) is 5.12. The summed E-state index contributed by atoms with van der Waals surface area (Å²) in [4.78, 5) is 18.6. The van der Waals surface area contributed by atoms with Crippen LogP contribution in [0.3, 0.4) is 0 Å². The first-order chi connectivity index (χ1) is 14.2. The number of benzene rings is 2. The number of pyridine rings is 1. The molecule has 0 radical (unpaired) electrons. The molecule has 2 aromatic carbocycles. The van der Waals surface area contributed by atoms with E-state index in [0.29, 0.717) is 31.0 Å². The van der Waals surface area contributed by atoms with Crippen LogP contribution in [-0.4, -0.2) is 34.0 Å². The number of hydrogen-bond acceptors (Lipinski definition) is 5. The second kappa shape index (κ2) is 7.22. The van der Waals surface area contributed by atoms with Gasteiger partial charge in [-0.15, -0.1) is 11.3 Å². The normalized spacial score (nSPS) is 13.6. The van der Waals surface area contributed by atoms with Crippen LogP contribution in [0.4, 0.5) is 0 Å². The number of carbonyl (C=O) groups excluding carboxylic acids is 1. The van der Waals surface area contributed by atoms with E-state index in [4.69, 9.17) is 4.74 Å². The number of phenolic OH excluding ortho intramolecular Hbond substituents is 1. The van der Waals surface area contributed by atoms with Gasteiger partial charge in [-0.1, -0.05) is 18.2 Å². The average molecular weight is 402 g/mol. The molecule has 3 heterocycles. The number of rotatable bonds is 2. The van der Waals surface area contributed by atoms with Gasteiger partial charge in [-0.25, -0.2) is 0 Å². The van der Waals surface area contributed by atoms with Gasteiger partial charge in [-0.2, -0.15) is 0 Å². The number of carbonyl (C=O) groups is 1. The van der Waals surface area contributed by atoms with Gasteiger partial charge in [0, 0.05) is 45.7 Å².